The van der Waals surface area contributed by atoms with Gasteiger partial charge in [-0.25, -0.2) is 0 Å². The second-order valence-corrected chi connectivity index (χ2v) is 6.59. The van der Waals surface area contributed by atoms with Crippen molar-refractivity contribution in [2.75, 3.05) is 13.1 Å². The molecule has 4 heteroatoms. The van der Waals surface area contributed by atoms with Crippen LogP contribution in [0.5, 0.6) is 0 Å². The highest BCUT2D eigenvalue weighted by atomic mass is 16.2. The molecule has 1 saturated heterocycles. The summed E-state index contributed by atoms with van der Waals surface area (Å²) in [6, 6.07) is 9.77. The smallest absolute Gasteiger partial charge is 0.223 e. The molecule has 1 aliphatic heterocycles. The van der Waals surface area contributed by atoms with Crippen molar-refractivity contribution >= 4 is 11.8 Å². The predicted octanol–water partition coefficient (Wildman–Crippen LogP) is 2.51. The summed E-state index contributed by atoms with van der Waals surface area (Å²) < 4.78 is 0. The summed E-state index contributed by atoms with van der Waals surface area (Å²) >= 11 is 0. The molecular weight excluding hydrogens is 276 g/mol. The monoisotopic (exact) mass is 300 g/mol. The molecule has 1 aliphatic carbocycles. The van der Waals surface area contributed by atoms with Crippen molar-refractivity contribution < 1.29 is 9.59 Å². The first-order valence-corrected chi connectivity index (χ1v) is 8.26. The van der Waals surface area contributed by atoms with E-state index < -0.39 is 0 Å². The Morgan fingerprint density at radius 2 is 2.05 bits per heavy atom. The topological polar surface area (TPSA) is 49.4 Å². The van der Waals surface area contributed by atoms with Gasteiger partial charge in [0, 0.05) is 19.5 Å². The SMILES string of the molecule is CC(CC(=O)N1CCNC(=O)CC1c1ccccc1)C1CC1. The van der Waals surface area contributed by atoms with E-state index in [1.54, 1.807) is 0 Å². The van der Waals surface area contributed by atoms with Crippen LogP contribution in [0, 0.1) is 11.8 Å². The van der Waals surface area contributed by atoms with Crippen LogP contribution in [0.15, 0.2) is 30.3 Å². The summed E-state index contributed by atoms with van der Waals surface area (Å²) in [5.41, 5.74) is 1.05. The van der Waals surface area contributed by atoms with E-state index >= 15 is 0 Å². The molecule has 2 amide bonds. The number of carbonyl (C=O) groups excluding carboxylic acids is 2. The van der Waals surface area contributed by atoms with Gasteiger partial charge in [0.05, 0.1) is 12.5 Å². The van der Waals surface area contributed by atoms with Gasteiger partial charge in [0.25, 0.3) is 0 Å². The first-order valence-electron chi connectivity index (χ1n) is 8.26. The third-order valence-corrected chi connectivity index (χ3v) is 4.86. The van der Waals surface area contributed by atoms with Gasteiger partial charge in [-0.15, -0.1) is 0 Å². The predicted molar refractivity (Wildman–Crippen MR) is 85.0 cm³/mol. The zero-order valence-corrected chi connectivity index (χ0v) is 13.1. The number of hydrogen-bond donors (Lipinski definition) is 1. The van der Waals surface area contributed by atoms with Crippen LogP contribution in [-0.2, 0) is 9.59 Å². The van der Waals surface area contributed by atoms with Gasteiger partial charge in [-0.1, -0.05) is 37.3 Å². The molecule has 0 bridgehead atoms. The van der Waals surface area contributed by atoms with Gasteiger partial charge in [0.1, 0.15) is 0 Å². The van der Waals surface area contributed by atoms with E-state index in [2.05, 4.69) is 12.2 Å². The average molecular weight is 300 g/mol. The fourth-order valence-electron chi connectivity index (χ4n) is 3.33. The zero-order valence-electron chi connectivity index (χ0n) is 13.1. The minimum atomic E-state index is -0.136. The van der Waals surface area contributed by atoms with E-state index in [1.165, 1.54) is 12.8 Å². The van der Waals surface area contributed by atoms with E-state index in [-0.39, 0.29) is 17.9 Å². The maximum absolute atomic E-state index is 12.8. The molecule has 0 spiro atoms. The third kappa shape index (κ3) is 3.49. The summed E-state index contributed by atoms with van der Waals surface area (Å²) in [5.74, 6) is 1.39. The van der Waals surface area contributed by atoms with Crippen LogP contribution in [0.1, 0.15) is 44.2 Å². The lowest BCUT2D eigenvalue weighted by Crippen LogP contribution is -2.37. The van der Waals surface area contributed by atoms with Crippen molar-refractivity contribution in [1.29, 1.82) is 0 Å². The highest BCUT2D eigenvalue weighted by molar-refractivity contribution is 5.81. The molecule has 3 rings (SSSR count). The Bertz CT molecular complexity index is 539. The van der Waals surface area contributed by atoms with Gasteiger partial charge < -0.3 is 10.2 Å². The third-order valence-electron chi connectivity index (χ3n) is 4.86. The molecule has 1 N–H and O–H groups in total. The van der Waals surface area contributed by atoms with Crippen LogP contribution < -0.4 is 5.32 Å². The number of carbonyl (C=O) groups is 2. The summed E-state index contributed by atoms with van der Waals surface area (Å²) in [6.07, 6.45) is 3.48. The molecule has 2 fully saturated rings. The van der Waals surface area contributed by atoms with Crippen molar-refractivity contribution in [3.8, 4) is 0 Å². The molecule has 118 valence electrons. The molecule has 1 saturated carbocycles. The Balaban J connectivity index is 1.78. The Labute approximate surface area is 131 Å². The van der Waals surface area contributed by atoms with E-state index in [0.29, 0.717) is 31.8 Å². The first-order chi connectivity index (χ1) is 10.6. The van der Waals surface area contributed by atoms with Gasteiger partial charge in [0.15, 0.2) is 0 Å². The average Bonchev–Trinajstić information content (AvgIpc) is 3.35. The zero-order chi connectivity index (χ0) is 15.5. The summed E-state index contributed by atoms with van der Waals surface area (Å²) in [4.78, 5) is 26.6. The minimum Gasteiger partial charge on any atom is -0.354 e. The molecule has 0 radical (unpaired) electrons. The van der Waals surface area contributed by atoms with E-state index in [4.69, 9.17) is 0 Å². The van der Waals surface area contributed by atoms with E-state index in [1.807, 2.05) is 35.2 Å². The Kier molecular flexibility index (Phi) is 4.46. The maximum atomic E-state index is 12.8. The van der Waals surface area contributed by atoms with Gasteiger partial charge in [-0.3, -0.25) is 9.59 Å². The van der Waals surface area contributed by atoms with Crippen LogP contribution >= 0.6 is 0 Å². The fraction of sp³-hybridized carbons (Fsp3) is 0.556. The van der Waals surface area contributed by atoms with Gasteiger partial charge >= 0.3 is 0 Å². The number of nitrogens with one attached hydrogen (secondary N) is 1. The van der Waals surface area contributed by atoms with E-state index in [9.17, 15) is 9.59 Å². The quantitative estimate of drug-likeness (QED) is 0.929. The standard InChI is InChI=1S/C18H24N2O2/c1-13(14-7-8-14)11-18(22)20-10-9-19-17(21)12-16(20)15-5-3-2-4-6-15/h2-6,13-14,16H,7-12H2,1H3,(H,19,21). The van der Waals surface area contributed by atoms with Crippen LogP contribution in [0.3, 0.4) is 0 Å². The molecule has 1 heterocycles. The van der Waals surface area contributed by atoms with Crippen molar-refractivity contribution in [3.63, 3.8) is 0 Å². The molecule has 2 atom stereocenters. The Morgan fingerprint density at radius 1 is 1.32 bits per heavy atom. The number of hydrogen-bond acceptors (Lipinski definition) is 2. The second kappa shape index (κ2) is 6.51. The Morgan fingerprint density at radius 3 is 2.73 bits per heavy atom. The minimum absolute atomic E-state index is 0.0272. The highest BCUT2D eigenvalue weighted by Crippen LogP contribution is 2.39. The molecule has 22 heavy (non-hydrogen) atoms. The molecule has 4 nitrogen and oxygen atoms in total. The number of benzene rings is 1. The van der Waals surface area contributed by atoms with Gasteiger partial charge in [-0.2, -0.15) is 0 Å². The largest absolute Gasteiger partial charge is 0.354 e. The Hall–Kier alpha value is -1.84. The lowest BCUT2D eigenvalue weighted by Gasteiger charge is -2.30. The molecular formula is C18H24N2O2. The van der Waals surface area contributed by atoms with Crippen molar-refractivity contribution in [2.45, 2.75) is 38.6 Å². The molecule has 2 aliphatic rings. The molecule has 2 unspecified atom stereocenters. The summed E-state index contributed by atoms with van der Waals surface area (Å²) in [5, 5.41) is 2.88. The molecule has 0 aromatic heterocycles. The number of rotatable bonds is 4. The van der Waals surface area contributed by atoms with Gasteiger partial charge in [0.2, 0.25) is 11.8 Å². The van der Waals surface area contributed by atoms with Crippen LogP contribution in [0.25, 0.3) is 0 Å². The normalized spacial score (nSPS) is 23.6. The summed E-state index contributed by atoms with van der Waals surface area (Å²) in [6.45, 7) is 3.32. The molecule has 1 aromatic rings. The van der Waals surface area contributed by atoms with Crippen LogP contribution in [0.2, 0.25) is 0 Å². The van der Waals surface area contributed by atoms with Crippen molar-refractivity contribution in [2.24, 2.45) is 11.8 Å². The van der Waals surface area contributed by atoms with Crippen LogP contribution in [-0.4, -0.2) is 29.8 Å². The van der Waals surface area contributed by atoms with E-state index in [0.717, 1.165) is 11.5 Å². The number of nitrogens with zero attached hydrogens (tertiary/aromatic N) is 1. The van der Waals surface area contributed by atoms with Crippen LogP contribution in [0.4, 0.5) is 0 Å². The van der Waals surface area contributed by atoms with Crippen molar-refractivity contribution in [3.05, 3.63) is 35.9 Å². The first kappa shape index (κ1) is 15.1. The number of amides is 2. The van der Waals surface area contributed by atoms with Crippen molar-refractivity contribution in [1.82, 2.24) is 10.2 Å². The second-order valence-electron chi connectivity index (χ2n) is 6.59. The lowest BCUT2D eigenvalue weighted by atomic mass is 9.98. The fourth-order valence-corrected chi connectivity index (χ4v) is 3.33. The van der Waals surface area contributed by atoms with Gasteiger partial charge in [-0.05, 0) is 30.2 Å². The lowest BCUT2D eigenvalue weighted by molar-refractivity contribution is -0.134. The highest BCUT2D eigenvalue weighted by Gasteiger charge is 2.34. The molecule has 1 aromatic carbocycles. The maximum Gasteiger partial charge on any atom is 0.223 e. The summed E-state index contributed by atoms with van der Waals surface area (Å²) in [7, 11) is 0.